The molecule has 2 saturated heterocycles. The van der Waals surface area contributed by atoms with Crippen LogP contribution >= 0.6 is 11.3 Å². The maximum Gasteiger partial charge on any atom is 0.416 e. The van der Waals surface area contributed by atoms with Gasteiger partial charge in [-0.15, -0.1) is 0 Å². The molecule has 0 saturated carbocycles. The van der Waals surface area contributed by atoms with Gasteiger partial charge in [0.05, 0.1) is 5.56 Å². The van der Waals surface area contributed by atoms with Crippen molar-refractivity contribution in [1.29, 1.82) is 0 Å². The SMILES string of the molecule is FC(F)(F)c1ccc(N2C3CCC2CN(Cc2ccc(-c4ccsc4)cc2)C3)cc1. The van der Waals surface area contributed by atoms with Crippen LogP contribution < -0.4 is 4.90 Å². The van der Waals surface area contributed by atoms with Crippen molar-refractivity contribution in [3.05, 3.63) is 76.5 Å². The number of rotatable bonds is 4. The Morgan fingerprint density at radius 1 is 0.833 bits per heavy atom. The quantitative estimate of drug-likeness (QED) is 0.482. The minimum Gasteiger partial charge on any atom is -0.363 e. The van der Waals surface area contributed by atoms with Crippen LogP contribution in [0.5, 0.6) is 0 Å². The molecule has 2 unspecified atom stereocenters. The van der Waals surface area contributed by atoms with E-state index in [4.69, 9.17) is 0 Å². The number of benzene rings is 2. The Morgan fingerprint density at radius 2 is 1.50 bits per heavy atom. The highest BCUT2D eigenvalue weighted by Gasteiger charge is 2.40. The fourth-order valence-electron chi connectivity index (χ4n) is 4.85. The van der Waals surface area contributed by atoms with Gasteiger partial charge in [-0.2, -0.15) is 24.5 Å². The number of anilines is 1. The van der Waals surface area contributed by atoms with Crippen molar-refractivity contribution in [2.24, 2.45) is 0 Å². The first-order chi connectivity index (χ1) is 14.5. The lowest BCUT2D eigenvalue weighted by Crippen LogP contribution is -2.53. The van der Waals surface area contributed by atoms with Crippen LogP contribution in [0.1, 0.15) is 24.0 Å². The zero-order valence-electron chi connectivity index (χ0n) is 16.5. The van der Waals surface area contributed by atoms with Gasteiger partial charge >= 0.3 is 6.18 Å². The molecule has 0 N–H and O–H groups in total. The van der Waals surface area contributed by atoms with Gasteiger partial charge in [0, 0.05) is 37.4 Å². The number of nitrogens with zero attached hydrogens (tertiary/aromatic N) is 2. The van der Waals surface area contributed by atoms with Gasteiger partial charge in [-0.1, -0.05) is 24.3 Å². The second-order valence-electron chi connectivity index (χ2n) is 8.24. The molecule has 1 aromatic heterocycles. The molecule has 2 aliphatic heterocycles. The molecule has 3 heterocycles. The summed E-state index contributed by atoms with van der Waals surface area (Å²) in [6.45, 7) is 2.81. The van der Waals surface area contributed by atoms with Gasteiger partial charge in [0.2, 0.25) is 0 Å². The molecule has 2 atom stereocenters. The third-order valence-electron chi connectivity index (χ3n) is 6.27. The van der Waals surface area contributed by atoms with Crippen molar-refractivity contribution >= 4 is 17.0 Å². The summed E-state index contributed by atoms with van der Waals surface area (Å²) in [4.78, 5) is 4.83. The van der Waals surface area contributed by atoms with Crippen LogP contribution in [-0.2, 0) is 12.7 Å². The summed E-state index contributed by atoms with van der Waals surface area (Å²) in [6, 6.07) is 17.3. The normalized spacial score (nSPS) is 21.9. The highest BCUT2D eigenvalue weighted by Crippen LogP contribution is 2.37. The number of hydrogen-bond donors (Lipinski definition) is 0. The van der Waals surface area contributed by atoms with Gasteiger partial charge in [-0.05, 0) is 70.6 Å². The highest BCUT2D eigenvalue weighted by atomic mass is 32.1. The van der Waals surface area contributed by atoms with Crippen molar-refractivity contribution in [2.75, 3.05) is 18.0 Å². The van der Waals surface area contributed by atoms with E-state index in [0.29, 0.717) is 12.1 Å². The minimum absolute atomic E-state index is 0.366. The van der Waals surface area contributed by atoms with Crippen molar-refractivity contribution in [3.63, 3.8) is 0 Å². The molecule has 3 aromatic rings. The number of likely N-dealkylation sites (tertiary alicyclic amines) is 1. The summed E-state index contributed by atoms with van der Waals surface area (Å²) in [7, 11) is 0. The third-order valence-corrected chi connectivity index (χ3v) is 6.95. The molecule has 5 rings (SSSR count). The van der Waals surface area contributed by atoms with Crippen molar-refractivity contribution in [1.82, 2.24) is 4.90 Å². The highest BCUT2D eigenvalue weighted by molar-refractivity contribution is 7.08. The largest absolute Gasteiger partial charge is 0.416 e. The monoisotopic (exact) mass is 428 g/mol. The van der Waals surface area contributed by atoms with Gasteiger partial charge in [-0.3, -0.25) is 4.90 Å². The molecule has 2 aromatic carbocycles. The standard InChI is InChI=1S/C24H23F3N2S/c25-24(26,27)20-5-7-21(8-6-20)29-22-9-10-23(29)15-28(14-22)13-17-1-3-18(4-2-17)19-11-12-30-16-19/h1-8,11-12,16,22-23H,9-10,13-15H2. The van der Waals surface area contributed by atoms with Crippen LogP contribution in [0.2, 0.25) is 0 Å². The van der Waals surface area contributed by atoms with E-state index in [1.165, 1.54) is 28.8 Å². The summed E-state index contributed by atoms with van der Waals surface area (Å²) in [5, 5.41) is 4.25. The lowest BCUT2D eigenvalue weighted by Gasteiger charge is -2.42. The summed E-state index contributed by atoms with van der Waals surface area (Å²) >= 11 is 1.71. The molecular formula is C24H23F3N2S. The molecule has 156 valence electrons. The molecule has 2 fully saturated rings. The number of piperazine rings is 1. The molecule has 0 radical (unpaired) electrons. The average molecular weight is 429 g/mol. The van der Waals surface area contributed by atoms with Crippen LogP contribution in [-0.4, -0.2) is 30.1 Å². The molecule has 2 nitrogen and oxygen atoms in total. The summed E-state index contributed by atoms with van der Waals surface area (Å²) in [5.74, 6) is 0. The Balaban J connectivity index is 1.25. The lowest BCUT2D eigenvalue weighted by molar-refractivity contribution is -0.137. The first-order valence-corrected chi connectivity index (χ1v) is 11.2. The summed E-state index contributed by atoms with van der Waals surface area (Å²) in [6.07, 6.45) is -2.09. The second kappa shape index (κ2) is 7.75. The molecule has 2 bridgehead atoms. The maximum absolute atomic E-state index is 12.9. The molecule has 0 amide bonds. The van der Waals surface area contributed by atoms with E-state index in [0.717, 1.165) is 38.2 Å². The number of alkyl halides is 3. The van der Waals surface area contributed by atoms with E-state index >= 15 is 0 Å². The fourth-order valence-corrected chi connectivity index (χ4v) is 5.52. The van der Waals surface area contributed by atoms with E-state index in [9.17, 15) is 13.2 Å². The number of halogens is 3. The average Bonchev–Trinajstić information content (AvgIpc) is 3.35. The summed E-state index contributed by atoms with van der Waals surface area (Å²) < 4.78 is 38.6. The van der Waals surface area contributed by atoms with Crippen LogP contribution in [0, 0.1) is 0 Å². The van der Waals surface area contributed by atoms with Gasteiger partial charge in [0.1, 0.15) is 0 Å². The molecule has 30 heavy (non-hydrogen) atoms. The lowest BCUT2D eigenvalue weighted by atomic mass is 10.1. The van der Waals surface area contributed by atoms with E-state index in [1.807, 2.05) is 0 Å². The van der Waals surface area contributed by atoms with E-state index in [1.54, 1.807) is 23.5 Å². The van der Waals surface area contributed by atoms with Crippen molar-refractivity contribution in [2.45, 2.75) is 37.6 Å². The van der Waals surface area contributed by atoms with Crippen LogP contribution in [0.15, 0.2) is 65.4 Å². The van der Waals surface area contributed by atoms with E-state index in [2.05, 4.69) is 50.9 Å². The molecule has 0 spiro atoms. The van der Waals surface area contributed by atoms with E-state index < -0.39 is 11.7 Å². The van der Waals surface area contributed by atoms with Crippen LogP contribution in [0.25, 0.3) is 11.1 Å². The minimum atomic E-state index is -4.28. The Labute approximate surface area is 178 Å². The van der Waals surface area contributed by atoms with Gasteiger partial charge < -0.3 is 4.90 Å². The Kier molecular flexibility index (Phi) is 5.07. The van der Waals surface area contributed by atoms with Crippen molar-refractivity contribution < 1.29 is 13.2 Å². The summed E-state index contributed by atoms with van der Waals surface area (Å²) in [5.41, 5.74) is 4.14. The molecule has 0 aliphatic carbocycles. The number of thiophene rings is 1. The smallest absolute Gasteiger partial charge is 0.363 e. The first-order valence-electron chi connectivity index (χ1n) is 10.3. The molecule has 2 aliphatic rings. The van der Waals surface area contributed by atoms with Gasteiger partial charge in [0.25, 0.3) is 0 Å². The molecular weight excluding hydrogens is 405 g/mol. The maximum atomic E-state index is 12.9. The zero-order valence-corrected chi connectivity index (χ0v) is 17.3. The van der Waals surface area contributed by atoms with Crippen molar-refractivity contribution in [3.8, 4) is 11.1 Å². The molecule has 6 heteroatoms. The first kappa shape index (κ1) is 19.6. The number of fused-ring (bicyclic) bond motifs is 2. The van der Waals surface area contributed by atoms with Crippen LogP contribution in [0.4, 0.5) is 18.9 Å². The zero-order chi connectivity index (χ0) is 20.7. The predicted octanol–water partition coefficient (Wildman–Crippen LogP) is 6.29. The fraction of sp³-hybridized carbons (Fsp3) is 0.333. The number of hydrogen-bond acceptors (Lipinski definition) is 3. The third kappa shape index (κ3) is 3.86. The topological polar surface area (TPSA) is 6.48 Å². The van der Waals surface area contributed by atoms with Gasteiger partial charge in [0.15, 0.2) is 0 Å². The predicted molar refractivity (Wildman–Crippen MR) is 116 cm³/mol. The Bertz CT molecular complexity index is 967. The second-order valence-corrected chi connectivity index (χ2v) is 9.02. The Morgan fingerprint density at radius 3 is 2.07 bits per heavy atom. The van der Waals surface area contributed by atoms with E-state index in [-0.39, 0.29) is 0 Å². The van der Waals surface area contributed by atoms with Gasteiger partial charge in [-0.25, -0.2) is 0 Å². The van der Waals surface area contributed by atoms with Crippen LogP contribution in [0.3, 0.4) is 0 Å². The Hall–Kier alpha value is -2.31.